The number of halogens is 1. The Morgan fingerprint density at radius 1 is 1.29 bits per heavy atom. The van der Waals surface area contributed by atoms with E-state index in [1.807, 2.05) is 4.57 Å². The molecule has 3 N–H and O–H groups in total. The van der Waals surface area contributed by atoms with E-state index in [4.69, 9.17) is 0 Å². The first kappa shape index (κ1) is 15.3. The number of hydrogen-bond donors (Lipinski definition) is 3. The SMILES string of the molecule is O=C(O)c1cn(C2CC2)c2cc(C3CNCCN3)c(F)cc2c1=O. The van der Waals surface area contributed by atoms with E-state index in [0.717, 1.165) is 25.9 Å². The number of aromatic nitrogens is 1. The van der Waals surface area contributed by atoms with Gasteiger partial charge < -0.3 is 20.3 Å². The third-order valence-electron chi connectivity index (χ3n) is 4.74. The van der Waals surface area contributed by atoms with E-state index in [1.165, 1.54) is 12.3 Å². The van der Waals surface area contributed by atoms with Crippen molar-refractivity contribution in [2.24, 2.45) is 0 Å². The predicted molar refractivity (Wildman–Crippen MR) is 87.0 cm³/mol. The Morgan fingerprint density at radius 2 is 2.08 bits per heavy atom. The Hall–Kier alpha value is -2.25. The number of pyridine rings is 1. The molecule has 2 heterocycles. The van der Waals surface area contributed by atoms with Crippen LogP contribution in [0.3, 0.4) is 0 Å². The highest BCUT2D eigenvalue weighted by molar-refractivity contribution is 5.92. The highest BCUT2D eigenvalue weighted by atomic mass is 19.1. The molecule has 4 rings (SSSR count). The lowest BCUT2D eigenvalue weighted by Gasteiger charge is -2.26. The van der Waals surface area contributed by atoms with E-state index in [0.29, 0.717) is 17.6 Å². The average molecular weight is 331 g/mol. The summed E-state index contributed by atoms with van der Waals surface area (Å²) in [5.74, 6) is -1.76. The van der Waals surface area contributed by atoms with Crippen LogP contribution in [-0.2, 0) is 0 Å². The van der Waals surface area contributed by atoms with Crippen molar-refractivity contribution in [3.8, 4) is 0 Å². The minimum atomic E-state index is -1.28. The number of carbonyl (C=O) groups is 1. The van der Waals surface area contributed by atoms with Gasteiger partial charge in [0.15, 0.2) is 0 Å². The lowest BCUT2D eigenvalue weighted by molar-refractivity contribution is 0.0695. The van der Waals surface area contributed by atoms with Gasteiger partial charge in [-0.05, 0) is 25.0 Å². The van der Waals surface area contributed by atoms with Gasteiger partial charge in [-0.3, -0.25) is 4.79 Å². The summed E-state index contributed by atoms with van der Waals surface area (Å²) in [5, 5.41) is 15.9. The first-order chi connectivity index (χ1) is 11.6. The molecule has 0 spiro atoms. The van der Waals surface area contributed by atoms with Crippen LogP contribution >= 0.6 is 0 Å². The molecule has 1 aliphatic carbocycles. The molecule has 7 heteroatoms. The monoisotopic (exact) mass is 331 g/mol. The van der Waals surface area contributed by atoms with Gasteiger partial charge in [-0.25, -0.2) is 9.18 Å². The highest BCUT2D eigenvalue weighted by Crippen LogP contribution is 2.37. The molecule has 6 nitrogen and oxygen atoms in total. The molecule has 0 radical (unpaired) electrons. The molecule has 126 valence electrons. The molecule has 0 amide bonds. The average Bonchev–Trinajstić information content (AvgIpc) is 3.40. The third-order valence-corrected chi connectivity index (χ3v) is 4.74. The summed E-state index contributed by atoms with van der Waals surface area (Å²) in [6, 6.07) is 2.90. The summed E-state index contributed by atoms with van der Waals surface area (Å²) in [6.45, 7) is 2.19. The second-order valence-corrected chi connectivity index (χ2v) is 6.42. The number of benzene rings is 1. The number of carboxylic acid groups (broad SMARTS) is 1. The van der Waals surface area contributed by atoms with Gasteiger partial charge in [0.25, 0.3) is 0 Å². The third kappa shape index (κ3) is 2.50. The minimum absolute atomic E-state index is 0.131. The maximum Gasteiger partial charge on any atom is 0.341 e. The Balaban J connectivity index is 1.95. The van der Waals surface area contributed by atoms with Crippen molar-refractivity contribution >= 4 is 16.9 Å². The van der Waals surface area contributed by atoms with E-state index < -0.39 is 17.2 Å². The van der Waals surface area contributed by atoms with Crippen molar-refractivity contribution in [2.45, 2.75) is 24.9 Å². The predicted octanol–water partition coefficient (Wildman–Crippen LogP) is 1.41. The smallest absolute Gasteiger partial charge is 0.341 e. The molecule has 1 unspecified atom stereocenters. The standard InChI is InChI=1S/C17H18FN3O3/c18-13-5-11-15(6-10(13)14-7-19-3-4-20-14)21(9-1-2-9)8-12(16(11)22)17(23)24/h5-6,8-9,14,19-20H,1-4,7H2,(H,23,24). The van der Waals surface area contributed by atoms with Crippen LogP contribution in [0, 0.1) is 5.82 Å². The van der Waals surface area contributed by atoms with Crippen molar-refractivity contribution in [1.82, 2.24) is 15.2 Å². The van der Waals surface area contributed by atoms with Gasteiger partial charge in [-0.15, -0.1) is 0 Å². The quantitative estimate of drug-likeness (QED) is 0.792. The van der Waals surface area contributed by atoms with Gasteiger partial charge in [-0.1, -0.05) is 0 Å². The van der Waals surface area contributed by atoms with Crippen LogP contribution in [0.4, 0.5) is 4.39 Å². The number of piperazine rings is 1. The van der Waals surface area contributed by atoms with Gasteiger partial charge >= 0.3 is 5.97 Å². The van der Waals surface area contributed by atoms with Crippen molar-refractivity contribution in [3.05, 3.63) is 45.5 Å². The Labute approximate surface area is 137 Å². The minimum Gasteiger partial charge on any atom is -0.477 e. The Bertz CT molecular complexity index is 883. The first-order valence-electron chi connectivity index (χ1n) is 8.12. The number of fused-ring (bicyclic) bond motifs is 1. The summed E-state index contributed by atoms with van der Waals surface area (Å²) in [5.41, 5.74) is 0.177. The van der Waals surface area contributed by atoms with Crippen LogP contribution in [0.5, 0.6) is 0 Å². The number of nitrogens with one attached hydrogen (secondary N) is 2. The zero-order chi connectivity index (χ0) is 16.8. The number of nitrogens with zero attached hydrogens (tertiary/aromatic N) is 1. The van der Waals surface area contributed by atoms with E-state index in [2.05, 4.69) is 10.6 Å². The molecule has 1 aliphatic heterocycles. The fourth-order valence-corrected chi connectivity index (χ4v) is 3.33. The summed E-state index contributed by atoms with van der Waals surface area (Å²) < 4.78 is 16.4. The van der Waals surface area contributed by atoms with Gasteiger partial charge in [0.05, 0.1) is 5.52 Å². The molecule has 0 bridgehead atoms. The second-order valence-electron chi connectivity index (χ2n) is 6.42. The Kier molecular flexibility index (Phi) is 3.62. The molecule has 24 heavy (non-hydrogen) atoms. The maximum absolute atomic E-state index is 14.6. The number of carboxylic acids is 1. The van der Waals surface area contributed by atoms with Gasteiger partial charge in [0.1, 0.15) is 11.4 Å². The topological polar surface area (TPSA) is 83.4 Å². The summed E-state index contributed by atoms with van der Waals surface area (Å²) in [7, 11) is 0. The van der Waals surface area contributed by atoms with Crippen molar-refractivity contribution in [2.75, 3.05) is 19.6 Å². The van der Waals surface area contributed by atoms with Crippen LogP contribution < -0.4 is 16.1 Å². The zero-order valence-electron chi connectivity index (χ0n) is 13.0. The van der Waals surface area contributed by atoms with Gasteiger partial charge in [0.2, 0.25) is 5.43 Å². The number of aromatic carboxylic acids is 1. The van der Waals surface area contributed by atoms with Crippen LogP contribution in [0.25, 0.3) is 10.9 Å². The van der Waals surface area contributed by atoms with Crippen molar-refractivity contribution in [3.63, 3.8) is 0 Å². The molecule has 1 saturated carbocycles. The van der Waals surface area contributed by atoms with Crippen LogP contribution in [0.15, 0.2) is 23.1 Å². The van der Waals surface area contributed by atoms with Gasteiger partial charge in [0, 0.05) is 48.9 Å². The van der Waals surface area contributed by atoms with Crippen molar-refractivity contribution < 1.29 is 14.3 Å². The molecule has 1 aromatic carbocycles. The molecule has 2 aliphatic rings. The fourth-order valence-electron chi connectivity index (χ4n) is 3.33. The molecular formula is C17H18FN3O3. The lowest BCUT2D eigenvalue weighted by atomic mass is 10.0. The van der Waals surface area contributed by atoms with E-state index in [9.17, 15) is 19.1 Å². The molecule has 1 aromatic heterocycles. The number of hydrogen-bond acceptors (Lipinski definition) is 4. The summed E-state index contributed by atoms with van der Waals surface area (Å²) in [4.78, 5) is 23.8. The largest absolute Gasteiger partial charge is 0.477 e. The first-order valence-corrected chi connectivity index (χ1v) is 8.12. The fraction of sp³-hybridized carbons (Fsp3) is 0.412. The summed E-state index contributed by atoms with van der Waals surface area (Å²) in [6.07, 6.45) is 3.28. The van der Waals surface area contributed by atoms with E-state index >= 15 is 0 Å². The number of rotatable bonds is 3. The lowest BCUT2D eigenvalue weighted by Crippen LogP contribution is -2.43. The molecule has 1 saturated heterocycles. The normalized spacial score (nSPS) is 21.1. The summed E-state index contributed by atoms with van der Waals surface area (Å²) >= 11 is 0. The highest BCUT2D eigenvalue weighted by Gasteiger charge is 2.28. The Morgan fingerprint density at radius 3 is 2.71 bits per heavy atom. The zero-order valence-corrected chi connectivity index (χ0v) is 13.0. The van der Waals surface area contributed by atoms with E-state index in [1.54, 1.807) is 6.07 Å². The van der Waals surface area contributed by atoms with Gasteiger partial charge in [-0.2, -0.15) is 0 Å². The second kappa shape index (κ2) is 5.68. The van der Waals surface area contributed by atoms with Crippen LogP contribution in [0.2, 0.25) is 0 Å². The van der Waals surface area contributed by atoms with Crippen LogP contribution in [0.1, 0.15) is 40.8 Å². The van der Waals surface area contributed by atoms with Crippen LogP contribution in [-0.4, -0.2) is 35.3 Å². The molecule has 2 aromatic rings. The maximum atomic E-state index is 14.6. The molecular weight excluding hydrogens is 313 g/mol. The van der Waals surface area contributed by atoms with Crippen molar-refractivity contribution in [1.29, 1.82) is 0 Å². The molecule has 1 atom stereocenters. The van der Waals surface area contributed by atoms with E-state index in [-0.39, 0.29) is 23.0 Å². The molecule has 2 fully saturated rings.